The predicted molar refractivity (Wildman–Crippen MR) is 85.6 cm³/mol. The summed E-state index contributed by atoms with van der Waals surface area (Å²) in [6, 6.07) is 4.06. The van der Waals surface area contributed by atoms with Gasteiger partial charge in [0.25, 0.3) is 5.91 Å². The van der Waals surface area contributed by atoms with Crippen LogP contribution in [-0.2, 0) is 10.0 Å². The Hall–Kier alpha value is -1.33. The van der Waals surface area contributed by atoms with Crippen molar-refractivity contribution in [3.8, 4) is 0 Å². The molecule has 2 aromatic rings. The van der Waals surface area contributed by atoms with Gasteiger partial charge in [0.1, 0.15) is 5.82 Å². The molecule has 2 atom stereocenters. The zero-order valence-corrected chi connectivity index (χ0v) is 17.5. The third-order valence-electron chi connectivity index (χ3n) is 4.20. The van der Waals surface area contributed by atoms with E-state index in [2.05, 4.69) is 15.4 Å². The Kier molecular flexibility index (Phi) is 6.56. The molecule has 0 bridgehead atoms. The molecule has 1 aromatic carbocycles. The van der Waals surface area contributed by atoms with Gasteiger partial charge < -0.3 is 15.1 Å². The molecule has 11 heteroatoms. The summed E-state index contributed by atoms with van der Waals surface area (Å²) in [7, 11) is -3.85. The monoisotopic (exact) mass is 389 g/mol. The van der Waals surface area contributed by atoms with Crippen molar-refractivity contribution >= 4 is 15.9 Å². The number of sulfonamides is 1. The molecule has 1 aromatic heterocycles. The number of benzene rings is 1. The number of nitrogens with zero attached hydrogens (tertiary/aromatic N) is 5. The fourth-order valence-corrected chi connectivity index (χ4v) is 4.64. The van der Waals surface area contributed by atoms with Crippen LogP contribution in [0.1, 0.15) is 24.3 Å². The Morgan fingerprint density at radius 1 is 1.27 bits per heavy atom. The van der Waals surface area contributed by atoms with Crippen molar-refractivity contribution in [2.75, 3.05) is 13.1 Å². The van der Waals surface area contributed by atoms with E-state index in [4.69, 9.17) is 0 Å². The number of carbonyl (C=O) groups is 1. The Morgan fingerprint density at radius 3 is 2.62 bits per heavy atom. The van der Waals surface area contributed by atoms with E-state index in [0.29, 0.717) is 0 Å². The van der Waals surface area contributed by atoms with Gasteiger partial charge in [0, 0.05) is 30.9 Å². The van der Waals surface area contributed by atoms with Crippen LogP contribution >= 0.6 is 0 Å². The topological polar surface area (TPSA) is 97.6 Å². The predicted octanol–water partition coefficient (Wildman–Crippen LogP) is -2.50. The summed E-state index contributed by atoms with van der Waals surface area (Å²) in [5.41, 5.74) is 0.125. The van der Waals surface area contributed by atoms with Crippen molar-refractivity contribution in [2.45, 2.75) is 30.8 Å². The number of amides is 1. The Bertz CT molecular complexity index is 877. The van der Waals surface area contributed by atoms with Crippen LogP contribution in [0.25, 0.3) is 0 Å². The second kappa shape index (κ2) is 8.13. The molecule has 0 unspecified atom stereocenters. The van der Waals surface area contributed by atoms with E-state index >= 15 is 0 Å². The van der Waals surface area contributed by atoms with Crippen LogP contribution in [-0.4, -0.2) is 59.0 Å². The molecule has 0 saturated carbocycles. The molecule has 1 aliphatic rings. The second-order valence-corrected chi connectivity index (χ2v) is 7.90. The molecule has 1 fully saturated rings. The summed E-state index contributed by atoms with van der Waals surface area (Å²) >= 11 is 0. The quantitative estimate of drug-likeness (QED) is 0.539. The zero-order chi connectivity index (χ0) is 18.2. The first kappa shape index (κ1) is 21.0. The molecule has 2 heterocycles. The third kappa shape index (κ3) is 3.99. The van der Waals surface area contributed by atoms with E-state index in [1.165, 1.54) is 28.7 Å². The number of carbonyl (C=O) groups excluding carboxylic acids is 1. The SMILES string of the molecule is C[C@@H]1CN(C(=O)c2cnn[n-]2)[C@@H](C)CN1S(=O)(=O)c1cccc(F)c1.[Na+]. The van der Waals surface area contributed by atoms with Crippen LogP contribution in [0.2, 0.25) is 0 Å². The molecule has 1 aliphatic heterocycles. The van der Waals surface area contributed by atoms with Gasteiger partial charge in [0.05, 0.1) is 4.90 Å². The van der Waals surface area contributed by atoms with Crippen LogP contribution in [0.4, 0.5) is 4.39 Å². The third-order valence-corrected chi connectivity index (χ3v) is 6.17. The normalized spacial score (nSPS) is 21.3. The minimum atomic E-state index is -3.85. The molecule has 0 spiro atoms. The molecule has 8 nitrogen and oxygen atoms in total. The minimum absolute atomic E-state index is 0. The molecule has 1 saturated heterocycles. The maximum absolute atomic E-state index is 13.4. The standard InChI is InChI=1S/C15H18FN5O3S.Na/c1-10-9-21(25(23,24)13-5-3-4-12(16)6-13)11(2)8-20(10)15(22)14-7-17-19-18-14;/h3-7,10-11H,8-9H2,1-2H3,(H,17,18,19,22);/q;+1/p-1/t10-,11+;/m0./s1. The van der Waals surface area contributed by atoms with Crippen LogP contribution in [0.3, 0.4) is 0 Å². The molecule has 3 rings (SSSR count). The fourth-order valence-electron chi connectivity index (χ4n) is 2.90. The Balaban J connectivity index is 0.00000243. The van der Waals surface area contributed by atoms with Crippen LogP contribution in [0.15, 0.2) is 35.4 Å². The van der Waals surface area contributed by atoms with Gasteiger partial charge in [-0.25, -0.2) is 12.8 Å². The maximum Gasteiger partial charge on any atom is 1.00 e. The van der Waals surface area contributed by atoms with Crippen LogP contribution < -0.4 is 34.7 Å². The number of rotatable bonds is 3. The van der Waals surface area contributed by atoms with E-state index in [1.54, 1.807) is 18.7 Å². The maximum atomic E-state index is 13.4. The first-order chi connectivity index (χ1) is 11.8. The minimum Gasteiger partial charge on any atom is -0.358 e. The van der Waals surface area contributed by atoms with Crippen LogP contribution in [0.5, 0.6) is 0 Å². The first-order valence-corrected chi connectivity index (χ1v) is 9.14. The summed E-state index contributed by atoms with van der Waals surface area (Å²) < 4.78 is 40.4. The number of hydrogen-bond donors (Lipinski definition) is 0. The smallest absolute Gasteiger partial charge is 0.358 e. The van der Waals surface area contributed by atoms with Gasteiger partial charge in [-0.1, -0.05) is 12.3 Å². The van der Waals surface area contributed by atoms with Crippen molar-refractivity contribution < 1.29 is 47.2 Å². The van der Waals surface area contributed by atoms with Gasteiger partial charge in [0.2, 0.25) is 10.0 Å². The molecular formula is C15H17FN5NaO3S. The Morgan fingerprint density at radius 2 is 2.00 bits per heavy atom. The van der Waals surface area contributed by atoms with Gasteiger partial charge in [-0.15, -0.1) is 0 Å². The van der Waals surface area contributed by atoms with Crippen molar-refractivity contribution in [1.29, 1.82) is 0 Å². The van der Waals surface area contributed by atoms with E-state index < -0.39 is 21.9 Å². The summed E-state index contributed by atoms with van der Waals surface area (Å²) in [5.74, 6) is -0.954. The number of hydrogen-bond acceptors (Lipinski definition) is 5. The molecule has 0 aliphatic carbocycles. The average molecular weight is 389 g/mol. The van der Waals surface area contributed by atoms with E-state index in [0.717, 1.165) is 6.07 Å². The van der Waals surface area contributed by atoms with Gasteiger partial charge in [-0.3, -0.25) is 10.0 Å². The van der Waals surface area contributed by atoms with Gasteiger partial charge in [-0.05, 0) is 32.0 Å². The van der Waals surface area contributed by atoms with Gasteiger partial charge in [-0.2, -0.15) is 4.31 Å². The van der Waals surface area contributed by atoms with Crippen molar-refractivity contribution in [3.63, 3.8) is 0 Å². The molecule has 1 amide bonds. The van der Waals surface area contributed by atoms with E-state index in [1.807, 2.05) is 0 Å². The van der Waals surface area contributed by atoms with Crippen molar-refractivity contribution in [1.82, 2.24) is 24.6 Å². The largest absolute Gasteiger partial charge is 1.00 e. The second-order valence-electron chi connectivity index (χ2n) is 6.01. The van der Waals surface area contributed by atoms with Gasteiger partial charge >= 0.3 is 29.6 Å². The molecule has 0 radical (unpaired) electrons. The van der Waals surface area contributed by atoms with Crippen LogP contribution in [0, 0.1) is 5.82 Å². The molecule has 134 valence electrons. The van der Waals surface area contributed by atoms with Crippen molar-refractivity contribution in [3.05, 3.63) is 42.0 Å². The summed E-state index contributed by atoms with van der Waals surface area (Å²) in [5, 5.41) is 10.6. The van der Waals surface area contributed by atoms with Gasteiger partial charge in [0.15, 0.2) is 0 Å². The molecule has 26 heavy (non-hydrogen) atoms. The van der Waals surface area contributed by atoms with E-state index in [9.17, 15) is 17.6 Å². The Labute approximate surface area is 173 Å². The molecular weight excluding hydrogens is 372 g/mol. The fraction of sp³-hybridized carbons (Fsp3) is 0.400. The number of halogens is 1. The average Bonchev–Trinajstić information content (AvgIpc) is 3.10. The van der Waals surface area contributed by atoms with E-state index in [-0.39, 0.29) is 65.2 Å². The molecule has 0 N–H and O–H groups in total. The number of piperazine rings is 1. The zero-order valence-electron chi connectivity index (χ0n) is 14.7. The summed E-state index contributed by atoms with van der Waals surface area (Å²) in [6.45, 7) is 3.76. The summed E-state index contributed by atoms with van der Waals surface area (Å²) in [6.07, 6.45) is 1.27. The van der Waals surface area contributed by atoms with Crippen molar-refractivity contribution in [2.24, 2.45) is 0 Å². The summed E-state index contributed by atoms with van der Waals surface area (Å²) in [4.78, 5) is 13.9. The number of aromatic nitrogens is 3. The first-order valence-electron chi connectivity index (χ1n) is 7.70.